The standard InChI is InChI=1S/C29H34ClN5O3/c1-20(37)32-26-9-7-22(18-28(26)34-13-11-31-12-14-34)24-6-4-5-23(29(24)38)21-8-10-27(25(30)17-21)35(19-36)16-15-33(2)3/h4-10,17-19,31,38H,11-16H2,1-3H3,(H,32,37). The van der Waals surface area contributed by atoms with Crippen LogP contribution in [0, 0.1) is 0 Å². The number of benzene rings is 3. The predicted octanol–water partition coefficient (Wildman–Crippen LogP) is 4.27. The lowest BCUT2D eigenvalue weighted by Gasteiger charge is -2.31. The first-order chi connectivity index (χ1) is 18.3. The van der Waals surface area contributed by atoms with E-state index in [1.54, 1.807) is 17.0 Å². The number of nitrogens with zero attached hydrogens (tertiary/aromatic N) is 3. The summed E-state index contributed by atoms with van der Waals surface area (Å²) in [4.78, 5) is 29.3. The molecule has 3 N–H and O–H groups in total. The van der Waals surface area contributed by atoms with E-state index in [-0.39, 0.29) is 11.7 Å². The maximum Gasteiger partial charge on any atom is 0.221 e. The number of carbonyl (C=O) groups is 2. The molecule has 3 aromatic rings. The van der Waals surface area contributed by atoms with Crippen LogP contribution in [-0.4, -0.2) is 75.7 Å². The second-order valence-corrected chi connectivity index (χ2v) is 10.0. The van der Waals surface area contributed by atoms with Crippen LogP contribution in [0.4, 0.5) is 17.1 Å². The van der Waals surface area contributed by atoms with Crippen LogP contribution in [0.3, 0.4) is 0 Å². The normalized spacial score (nSPS) is 13.4. The van der Waals surface area contributed by atoms with Crippen LogP contribution in [-0.2, 0) is 9.59 Å². The smallest absolute Gasteiger partial charge is 0.221 e. The summed E-state index contributed by atoms with van der Waals surface area (Å²) >= 11 is 6.60. The Balaban J connectivity index is 1.69. The first-order valence-corrected chi connectivity index (χ1v) is 13.0. The van der Waals surface area contributed by atoms with Crippen LogP contribution in [0.15, 0.2) is 54.6 Å². The molecule has 38 heavy (non-hydrogen) atoms. The zero-order valence-corrected chi connectivity index (χ0v) is 22.8. The van der Waals surface area contributed by atoms with Crippen molar-refractivity contribution >= 4 is 41.0 Å². The molecule has 0 aromatic heterocycles. The summed E-state index contributed by atoms with van der Waals surface area (Å²) < 4.78 is 0. The van der Waals surface area contributed by atoms with Crippen molar-refractivity contribution in [1.29, 1.82) is 0 Å². The third kappa shape index (κ3) is 6.27. The molecule has 1 aliphatic heterocycles. The summed E-state index contributed by atoms with van der Waals surface area (Å²) in [6.07, 6.45) is 0.781. The summed E-state index contributed by atoms with van der Waals surface area (Å²) in [5.41, 5.74) is 5.18. The quantitative estimate of drug-likeness (QED) is 0.355. The Morgan fingerprint density at radius 3 is 2.32 bits per heavy atom. The van der Waals surface area contributed by atoms with Crippen LogP contribution in [0.5, 0.6) is 5.75 Å². The number of rotatable bonds is 9. The molecule has 0 spiro atoms. The highest BCUT2D eigenvalue weighted by molar-refractivity contribution is 6.34. The fourth-order valence-electron chi connectivity index (χ4n) is 4.62. The summed E-state index contributed by atoms with van der Waals surface area (Å²) in [5, 5.41) is 18.1. The second kappa shape index (κ2) is 12.3. The number of carbonyl (C=O) groups excluding carboxylic acids is 2. The summed E-state index contributed by atoms with van der Waals surface area (Å²) in [5.74, 6) is 0.00358. The van der Waals surface area contributed by atoms with Gasteiger partial charge in [0.05, 0.1) is 22.1 Å². The van der Waals surface area contributed by atoms with E-state index >= 15 is 0 Å². The van der Waals surface area contributed by atoms with Gasteiger partial charge in [0, 0.05) is 57.3 Å². The molecule has 2 amide bonds. The molecule has 1 fully saturated rings. The molecular weight excluding hydrogens is 502 g/mol. The number of halogens is 1. The lowest BCUT2D eigenvalue weighted by atomic mass is 9.96. The second-order valence-electron chi connectivity index (χ2n) is 9.62. The molecule has 200 valence electrons. The molecule has 0 saturated carbocycles. The highest BCUT2D eigenvalue weighted by atomic mass is 35.5. The van der Waals surface area contributed by atoms with Crippen LogP contribution in [0.25, 0.3) is 22.3 Å². The number of hydrogen-bond acceptors (Lipinski definition) is 6. The van der Waals surface area contributed by atoms with Gasteiger partial charge in [-0.25, -0.2) is 0 Å². The van der Waals surface area contributed by atoms with Crippen molar-refractivity contribution in [1.82, 2.24) is 10.2 Å². The van der Waals surface area contributed by atoms with Gasteiger partial charge in [0.15, 0.2) is 0 Å². The third-order valence-corrected chi connectivity index (χ3v) is 6.90. The predicted molar refractivity (Wildman–Crippen MR) is 155 cm³/mol. The number of para-hydroxylation sites is 1. The van der Waals surface area contributed by atoms with Crippen LogP contribution < -0.4 is 20.4 Å². The highest BCUT2D eigenvalue weighted by Crippen LogP contribution is 2.42. The number of nitrogens with one attached hydrogen (secondary N) is 2. The number of aromatic hydroxyl groups is 1. The topological polar surface area (TPSA) is 88.2 Å². The zero-order valence-electron chi connectivity index (χ0n) is 22.0. The van der Waals surface area contributed by atoms with Crippen molar-refractivity contribution in [3.05, 3.63) is 59.6 Å². The fourth-order valence-corrected chi connectivity index (χ4v) is 4.91. The lowest BCUT2D eigenvalue weighted by molar-refractivity contribution is -0.114. The molecule has 1 saturated heterocycles. The molecule has 0 unspecified atom stereocenters. The lowest BCUT2D eigenvalue weighted by Crippen LogP contribution is -2.43. The molecule has 9 heteroatoms. The van der Waals surface area contributed by atoms with Gasteiger partial charge in [-0.3, -0.25) is 9.59 Å². The molecule has 1 heterocycles. The Morgan fingerprint density at radius 1 is 1.05 bits per heavy atom. The van der Waals surface area contributed by atoms with Crippen molar-refractivity contribution in [3.8, 4) is 28.0 Å². The Bertz CT molecular complexity index is 1310. The molecule has 1 aliphatic rings. The van der Waals surface area contributed by atoms with Gasteiger partial charge in [0.1, 0.15) is 5.75 Å². The van der Waals surface area contributed by atoms with Gasteiger partial charge in [-0.05, 0) is 49.5 Å². The van der Waals surface area contributed by atoms with Gasteiger partial charge < -0.3 is 30.4 Å². The van der Waals surface area contributed by atoms with E-state index in [0.717, 1.165) is 55.1 Å². The number of hydrogen-bond donors (Lipinski definition) is 3. The zero-order chi connectivity index (χ0) is 27.2. The molecule has 0 bridgehead atoms. The number of phenolic OH excluding ortho intramolecular Hbond substituents is 1. The molecule has 0 aliphatic carbocycles. The Morgan fingerprint density at radius 2 is 1.71 bits per heavy atom. The van der Waals surface area contributed by atoms with Crippen molar-refractivity contribution in [2.75, 3.05) is 68.5 Å². The minimum atomic E-state index is -0.130. The minimum Gasteiger partial charge on any atom is -0.507 e. The summed E-state index contributed by atoms with van der Waals surface area (Å²) in [6.45, 7) is 6.07. The highest BCUT2D eigenvalue weighted by Gasteiger charge is 2.19. The van der Waals surface area contributed by atoms with E-state index in [0.29, 0.717) is 34.9 Å². The summed E-state index contributed by atoms with van der Waals surface area (Å²) in [6, 6.07) is 16.8. The Hall–Kier alpha value is -3.59. The first kappa shape index (κ1) is 27.4. The van der Waals surface area contributed by atoms with E-state index < -0.39 is 0 Å². The van der Waals surface area contributed by atoms with Gasteiger partial charge >= 0.3 is 0 Å². The molecule has 3 aromatic carbocycles. The van der Waals surface area contributed by atoms with Gasteiger partial charge in [-0.15, -0.1) is 0 Å². The fraction of sp³-hybridized carbons (Fsp3) is 0.310. The van der Waals surface area contributed by atoms with E-state index in [2.05, 4.69) is 15.5 Å². The number of amides is 2. The van der Waals surface area contributed by atoms with Crippen molar-refractivity contribution in [2.45, 2.75) is 6.92 Å². The number of likely N-dealkylation sites (N-methyl/N-ethyl adjacent to an activating group) is 1. The molecule has 8 nitrogen and oxygen atoms in total. The van der Waals surface area contributed by atoms with Crippen molar-refractivity contribution in [3.63, 3.8) is 0 Å². The molecular formula is C29H34ClN5O3. The van der Waals surface area contributed by atoms with Crippen molar-refractivity contribution in [2.24, 2.45) is 0 Å². The van der Waals surface area contributed by atoms with E-state index in [4.69, 9.17) is 11.6 Å². The Labute approximate surface area is 228 Å². The van der Waals surface area contributed by atoms with Gasteiger partial charge in [-0.2, -0.15) is 0 Å². The maximum absolute atomic E-state index is 11.8. The SMILES string of the molecule is CC(=O)Nc1ccc(-c2cccc(-c3ccc(N(C=O)CCN(C)C)c(Cl)c3)c2O)cc1N1CCNCC1. The van der Waals surface area contributed by atoms with Crippen LogP contribution >= 0.6 is 11.6 Å². The first-order valence-electron chi connectivity index (χ1n) is 12.6. The largest absolute Gasteiger partial charge is 0.507 e. The molecule has 0 radical (unpaired) electrons. The van der Waals surface area contributed by atoms with Gasteiger partial charge in [0.2, 0.25) is 12.3 Å². The van der Waals surface area contributed by atoms with E-state index in [9.17, 15) is 14.7 Å². The number of phenols is 1. The maximum atomic E-state index is 11.8. The average Bonchev–Trinajstić information content (AvgIpc) is 2.90. The minimum absolute atomic E-state index is 0.130. The monoisotopic (exact) mass is 535 g/mol. The average molecular weight is 536 g/mol. The third-order valence-electron chi connectivity index (χ3n) is 6.60. The van der Waals surface area contributed by atoms with Crippen LogP contribution in [0.1, 0.15) is 6.92 Å². The Kier molecular flexibility index (Phi) is 8.89. The molecule has 4 rings (SSSR count). The summed E-state index contributed by atoms with van der Waals surface area (Å²) in [7, 11) is 3.90. The number of piperazine rings is 1. The van der Waals surface area contributed by atoms with Gasteiger partial charge in [-0.1, -0.05) is 41.9 Å². The number of anilines is 3. The van der Waals surface area contributed by atoms with Crippen LogP contribution in [0.2, 0.25) is 5.02 Å². The van der Waals surface area contributed by atoms with E-state index in [1.165, 1.54) is 6.92 Å². The van der Waals surface area contributed by atoms with Crippen molar-refractivity contribution < 1.29 is 14.7 Å². The van der Waals surface area contributed by atoms with E-state index in [1.807, 2.05) is 61.5 Å². The van der Waals surface area contributed by atoms with Gasteiger partial charge in [0.25, 0.3) is 0 Å². The molecule has 0 atom stereocenters.